The van der Waals surface area contributed by atoms with Gasteiger partial charge in [0.1, 0.15) is 11.5 Å². The van der Waals surface area contributed by atoms with Gasteiger partial charge in [0.15, 0.2) is 18.1 Å². The van der Waals surface area contributed by atoms with Crippen LogP contribution >= 0.6 is 0 Å². The molecule has 0 saturated carbocycles. The van der Waals surface area contributed by atoms with Crippen LogP contribution in [0, 0.1) is 11.3 Å². The quantitative estimate of drug-likeness (QED) is 0.193. The van der Waals surface area contributed by atoms with E-state index in [-0.39, 0.29) is 6.61 Å². The molecule has 0 N–H and O–H groups in total. The lowest BCUT2D eigenvalue weighted by Gasteiger charge is -2.09. The number of rotatable bonds is 9. The average Bonchev–Trinajstić information content (AvgIpc) is 2.86. The van der Waals surface area contributed by atoms with Crippen LogP contribution < -0.4 is 18.9 Å². The summed E-state index contributed by atoms with van der Waals surface area (Å²) in [5, 5.41) is 9.62. The standard InChI is InChI=1S/C27H25NO5/c1-4-19-6-5-7-24(15-19)32-18-27(29)33-23-11-8-20(9-12-23)14-22(17-28)21-10-13-25(30-2)26(16-21)31-3/h5-16H,4,18H2,1-3H3/b22-14-. The highest BCUT2D eigenvalue weighted by Gasteiger charge is 2.09. The molecule has 0 bridgehead atoms. The van der Waals surface area contributed by atoms with Gasteiger partial charge in [-0.3, -0.25) is 0 Å². The Labute approximate surface area is 193 Å². The van der Waals surface area contributed by atoms with Crippen LogP contribution in [0.2, 0.25) is 0 Å². The van der Waals surface area contributed by atoms with E-state index in [0.29, 0.717) is 34.1 Å². The van der Waals surface area contributed by atoms with E-state index < -0.39 is 5.97 Å². The molecular formula is C27H25NO5. The SMILES string of the molecule is CCc1cccc(OCC(=O)Oc2ccc(/C=C(/C#N)c3ccc(OC)c(OC)c3)cc2)c1. The lowest BCUT2D eigenvalue weighted by Crippen LogP contribution is -2.17. The molecule has 33 heavy (non-hydrogen) atoms. The van der Waals surface area contributed by atoms with Crippen molar-refractivity contribution in [3.05, 3.63) is 83.4 Å². The summed E-state index contributed by atoms with van der Waals surface area (Å²) in [6, 6.07) is 22.0. The summed E-state index contributed by atoms with van der Waals surface area (Å²) in [5.74, 6) is 1.66. The van der Waals surface area contributed by atoms with Crippen LogP contribution in [0.4, 0.5) is 0 Å². The highest BCUT2D eigenvalue weighted by atomic mass is 16.6. The van der Waals surface area contributed by atoms with Gasteiger partial charge in [-0.2, -0.15) is 5.26 Å². The molecule has 0 amide bonds. The van der Waals surface area contributed by atoms with E-state index in [1.807, 2.05) is 18.2 Å². The monoisotopic (exact) mass is 443 g/mol. The van der Waals surface area contributed by atoms with Gasteiger partial charge in [0.05, 0.1) is 25.9 Å². The van der Waals surface area contributed by atoms with E-state index in [0.717, 1.165) is 17.5 Å². The van der Waals surface area contributed by atoms with Crippen LogP contribution in [0.25, 0.3) is 11.6 Å². The van der Waals surface area contributed by atoms with Crippen molar-refractivity contribution in [1.29, 1.82) is 5.26 Å². The number of hydrogen-bond donors (Lipinski definition) is 0. The second-order valence-electron chi connectivity index (χ2n) is 7.07. The minimum absolute atomic E-state index is 0.188. The second-order valence-corrected chi connectivity index (χ2v) is 7.07. The van der Waals surface area contributed by atoms with Crippen molar-refractivity contribution >= 4 is 17.6 Å². The van der Waals surface area contributed by atoms with Gasteiger partial charge >= 0.3 is 5.97 Å². The molecule has 0 aliphatic rings. The largest absolute Gasteiger partial charge is 0.493 e. The maximum absolute atomic E-state index is 12.1. The van der Waals surface area contributed by atoms with Crippen molar-refractivity contribution in [2.75, 3.05) is 20.8 Å². The second kappa shape index (κ2) is 11.4. The van der Waals surface area contributed by atoms with Crippen LogP contribution in [0.3, 0.4) is 0 Å². The summed E-state index contributed by atoms with van der Waals surface area (Å²) < 4.78 is 21.4. The number of esters is 1. The van der Waals surface area contributed by atoms with Crippen molar-refractivity contribution < 1.29 is 23.7 Å². The fourth-order valence-electron chi connectivity index (χ4n) is 3.14. The van der Waals surface area contributed by atoms with Gasteiger partial charge in [-0.25, -0.2) is 4.79 Å². The summed E-state index contributed by atoms with van der Waals surface area (Å²) in [5.41, 5.74) is 3.08. The molecule has 0 heterocycles. The summed E-state index contributed by atoms with van der Waals surface area (Å²) in [7, 11) is 3.10. The first kappa shape index (κ1) is 23.4. The first-order valence-electron chi connectivity index (χ1n) is 10.4. The highest BCUT2D eigenvalue weighted by Crippen LogP contribution is 2.31. The van der Waals surface area contributed by atoms with Crippen LogP contribution in [0.15, 0.2) is 66.7 Å². The number of carbonyl (C=O) groups excluding carboxylic acids is 1. The number of benzene rings is 3. The Bertz CT molecular complexity index is 1180. The fraction of sp³-hybridized carbons (Fsp3) is 0.185. The van der Waals surface area contributed by atoms with Crippen LogP contribution in [-0.2, 0) is 11.2 Å². The molecule has 3 aromatic rings. The Morgan fingerprint density at radius 1 is 0.939 bits per heavy atom. The number of nitrogens with zero attached hydrogens (tertiary/aromatic N) is 1. The van der Waals surface area contributed by atoms with Crippen LogP contribution in [-0.4, -0.2) is 26.8 Å². The van der Waals surface area contributed by atoms with Gasteiger partial charge < -0.3 is 18.9 Å². The first-order valence-corrected chi connectivity index (χ1v) is 10.4. The maximum atomic E-state index is 12.1. The van der Waals surface area contributed by atoms with Gasteiger partial charge in [0, 0.05) is 0 Å². The summed E-state index contributed by atoms with van der Waals surface area (Å²) in [6.07, 6.45) is 2.64. The van der Waals surface area contributed by atoms with Crippen molar-refractivity contribution in [2.45, 2.75) is 13.3 Å². The molecular weight excluding hydrogens is 418 g/mol. The predicted molar refractivity (Wildman–Crippen MR) is 126 cm³/mol. The molecule has 0 unspecified atom stereocenters. The molecule has 0 radical (unpaired) electrons. The third-order valence-electron chi connectivity index (χ3n) is 4.90. The average molecular weight is 443 g/mol. The fourth-order valence-corrected chi connectivity index (χ4v) is 3.14. The van der Waals surface area contributed by atoms with E-state index in [1.165, 1.54) is 0 Å². The van der Waals surface area contributed by atoms with Gasteiger partial charge in [-0.05, 0) is 71.7 Å². The van der Waals surface area contributed by atoms with Crippen LogP contribution in [0.5, 0.6) is 23.0 Å². The number of allylic oxidation sites excluding steroid dienone is 1. The Kier molecular flexibility index (Phi) is 8.09. The Balaban J connectivity index is 1.64. The Morgan fingerprint density at radius 3 is 2.36 bits per heavy atom. The van der Waals surface area contributed by atoms with E-state index >= 15 is 0 Å². The van der Waals surface area contributed by atoms with Crippen molar-refractivity contribution in [1.82, 2.24) is 0 Å². The lowest BCUT2D eigenvalue weighted by atomic mass is 10.0. The molecule has 0 aromatic heterocycles. The van der Waals surface area contributed by atoms with E-state index in [9.17, 15) is 10.1 Å². The van der Waals surface area contributed by atoms with Gasteiger partial charge in [-0.15, -0.1) is 0 Å². The number of methoxy groups -OCH3 is 2. The zero-order chi connectivity index (χ0) is 23.6. The molecule has 0 aliphatic carbocycles. The minimum Gasteiger partial charge on any atom is -0.493 e. The summed E-state index contributed by atoms with van der Waals surface area (Å²) >= 11 is 0. The summed E-state index contributed by atoms with van der Waals surface area (Å²) in [4.78, 5) is 12.1. The van der Waals surface area contributed by atoms with Crippen LogP contribution in [0.1, 0.15) is 23.6 Å². The zero-order valence-electron chi connectivity index (χ0n) is 18.8. The number of hydrogen-bond acceptors (Lipinski definition) is 6. The molecule has 168 valence electrons. The predicted octanol–water partition coefficient (Wildman–Crippen LogP) is 5.31. The topological polar surface area (TPSA) is 77.8 Å². The zero-order valence-corrected chi connectivity index (χ0v) is 18.8. The van der Waals surface area contributed by atoms with E-state index in [1.54, 1.807) is 68.8 Å². The van der Waals surface area contributed by atoms with Crippen molar-refractivity contribution in [3.63, 3.8) is 0 Å². The minimum atomic E-state index is -0.497. The highest BCUT2D eigenvalue weighted by molar-refractivity contribution is 5.90. The number of nitriles is 1. The van der Waals surface area contributed by atoms with E-state index in [2.05, 4.69) is 13.0 Å². The molecule has 0 saturated heterocycles. The van der Waals surface area contributed by atoms with Gasteiger partial charge in [-0.1, -0.05) is 31.2 Å². The van der Waals surface area contributed by atoms with E-state index in [4.69, 9.17) is 18.9 Å². The molecule has 6 nitrogen and oxygen atoms in total. The van der Waals surface area contributed by atoms with Crippen molar-refractivity contribution in [2.24, 2.45) is 0 Å². The third kappa shape index (κ3) is 6.37. The molecule has 0 fully saturated rings. The number of carbonyl (C=O) groups is 1. The third-order valence-corrected chi connectivity index (χ3v) is 4.90. The molecule has 0 aliphatic heterocycles. The lowest BCUT2D eigenvalue weighted by molar-refractivity contribution is -0.136. The normalized spacial score (nSPS) is 10.8. The Morgan fingerprint density at radius 2 is 1.70 bits per heavy atom. The Hall–Kier alpha value is -4.24. The number of aryl methyl sites for hydroxylation is 1. The van der Waals surface area contributed by atoms with Crippen molar-refractivity contribution in [3.8, 4) is 29.1 Å². The molecule has 6 heteroatoms. The number of ether oxygens (including phenoxy) is 4. The first-order chi connectivity index (χ1) is 16.1. The molecule has 0 spiro atoms. The maximum Gasteiger partial charge on any atom is 0.349 e. The van der Waals surface area contributed by atoms with Gasteiger partial charge in [0.2, 0.25) is 0 Å². The molecule has 0 atom stereocenters. The van der Waals surface area contributed by atoms with Gasteiger partial charge in [0.25, 0.3) is 0 Å². The molecule has 3 rings (SSSR count). The smallest absolute Gasteiger partial charge is 0.349 e. The summed E-state index contributed by atoms with van der Waals surface area (Å²) in [6.45, 7) is 1.87. The molecule has 3 aromatic carbocycles.